The van der Waals surface area contributed by atoms with Crippen LogP contribution in [0, 0.1) is 99.3 Å². The van der Waals surface area contributed by atoms with E-state index in [1.165, 1.54) is 62.0 Å². The topological polar surface area (TPSA) is 202 Å². The number of carbonyl (C=O) groups is 1. The van der Waals surface area contributed by atoms with E-state index in [1.807, 2.05) is 99.0 Å². The molecule has 0 bridgehead atoms. The summed E-state index contributed by atoms with van der Waals surface area (Å²) in [6.07, 6.45) is 0.450. The van der Waals surface area contributed by atoms with E-state index in [0.29, 0.717) is 28.1 Å². The van der Waals surface area contributed by atoms with Crippen LogP contribution >= 0.6 is 0 Å². The van der Waals surface area contributed by atoms with E-state index < -0.39 is 18.0 Å². The highest BCUT2D eigenvalue weighted by molar-refractivity contribution is 5.79. The Hall–Kier alpha value is -8.03. The van der Waals surface area contributed by atoms with Crippen molar-refractivity contribution in [3.05, 3.63) is 192 Å². The number of fused-ring (bicyclic) bond motifs is 1. The van der Waals surface area contributed by atoms with Gasteiger partial charge in [-0.3, -0.25) is 29.3 Å². The number of oxazole rings is 1. The van der Waals surface area contributed by atoms with Crippen molar-refractivity contribution < 1.29 is 36.4 Å². The first-order chi connectivity index (χ1) is 57.2. The summed E-state index contributed by atoms with van der Waals surface area (Å²) >= 11 is 0. The van der Waals surface area contributed by atoms with Crippen LogP contribution in [0.2, 0.25) is 0 Å². The number of carbonyl (C=O) groups excluding carboxylic acids is 1. The summed E-state index contributed by atoms with van der Waals surface area (Å²) in [5.74, 6) is 4.06. The molecule has 0 amide bonds. The van der Waals surface area contributed by atoms with Crippen molar-refractivity contribution >= 4 is 22.6 Å². The number of methoxy groups -OCH3 is 1. The van der Waals surface area contributed by atoms with Crippen molar-refractivity contribution in [2.75, 3.05) is 39.1 Å². The number of H-pyrrole nitrogens is 1. The van der Waals surface area contributed by atoms with Crippen molar-refractivity contribution in [2.24, 2.45) is 16.2 Å². The fourth-order valence-electron chi connectivity index (χ4n) is 14.3. The molecule has 9 heterocycles. The minimum atomic E-state index is -4.02. The first-order valence-corrected chi connectivity index (χ1v) is 45.8. The van der Waals surface area contributed by atoms with E-state index in [9.17, 15) is 18.0 Å². The molecular weight excluding hydrogens is 1600 g/mol. The van der Waals surface area contributed by atoms with Gasteiger partial charge < -0.3 is 24.1 Å². The maximum Gasteiger partial charge on any atom is 0.389 e. The summed E-state index contributed by atoms with van der Waals surface area (Å²) in [6, 6.07) is 22.6. The number of nitrogen functional groups attached to an aromatic ring is 1. The Labute approximate surface area is 779 Å². The van der Waals surface area contributed by atoms with Gasteiger partial charge in [-0.1, -0.05) is 290 Å². The number of anilines is 1. The van der Waals surface area contributed by atoms with Crippen molar-refractivity contribution in [2.45, 2.75) is 421 Å². The minimum Gasteiger partial charge on any atom is -0.481 e. The third-order valence-corrected chi connectivity index (χ3v) is 20.0. The lowest BCUT2D eigenvalue weighted by Gasteiger charge is -2.38. The van der Waals surface area contributed by atoms with Gasteiger partial charge in [0, 0.05) is 113 Å². The van der Waals surface area contributed by atoms with Gasteiger partial charge in [0.2, 0.25) is 11.8 Å². The molecule has 10 rings (SSSR count). The number of hydrogen-bond donors (Lipinski definition) is 2. The molecule has 0 unspecified atom stereocenters. The molecule has 1 aromatic carbocycles. The third-order valence-electron chi connectivity index (χ3n) is 20.0. The molecular formula is C109H184F3N11O5. The molecule has 1 fully saturated rings. The number of halogens is 3. The predicted molar refractivity (Wildman–Crippen MR) is 541 cm³/mol. The number of rotatable bonds is 1. The number of morpholine rings is 1. The van der Waals surface area contributed by atoms with Gasteiger partial charge in [-0.15, -0.1) is 0 Å². The van der Waals surface area contributed by atoms with Crippen LogP contribution in [0.25, 0.3) is 10.9 Å². The summed E-state index contributed by atoms with van der Waals surface area (Å²) in [5.41, 5.74) is 28.6. The number of aromatic amines is 1. The van der Waals surface area contributed by atoms with Crippen molar-refractivity contribution in [3.8, 4) is 5.88 Å². The lowest BCUT2D eigenvalue weighted by Crippen LogP contribution is -2.47. The van der Waals surface area contributed by atoms with Gasteiger partial charge in [0.25, 0.3) is 0 Å². The number of aromatic nitrogens is 9. The minimum absolute atomic E-state index is 0.0747. The van der Waals surface area contributed by atoms with Gasteiger partial charge in [-0.25, -0.2) is 15.0 Å². The van der Waals surface area contributed by atoms with Crippen LogP contribution in [-0.2, 0) is 48.1 Å². The Morgan fingerprint density at radius 1 is 0.500 bits per heavy atom. The Kier molecular flexibility index (Phi) is 47.7. The standard InChI is InChI=1S/C13H15N.C12H19NO.C11H17NO.C11H17N.C10H16N2.C9H16N2.2C9H15NO.C8H17NO.C6H11F3.C6H14.C5H12/c1-13(2,3)11-8-10-6-4-5-7-12(10)14-9-11;1-8-7-13(10(3)14)9(2)11(8)12(4,5)6;1-8-9(11(2,3)4)6-7-10(12-8)13-5;1-8-6-7-10(9(2)12-8)11(3,4)5;1-7-8(10(2,3)4)5-6-9(11)12-7;1-6-8(9(3,4)5)7(2)11-10-6;1-6-8(9(3,4)5)11-7(2)10-6;1-6-8(9(3,4)5)7(2)11-10-6;1-8(2,3)9-4-6-10-7-5-9;1-5(2,3)4-6(7,8)9;1-5-6(2,3)4;1-5(2,3)4/h4-9H,1-3H3;7H,1-6H3;6-7H,1-5H3;6-7H,1-5H3;5-6H,1-4H3,(H2,11,12);1-5H3,(H,10,11);2*1-5H3;4-7H2,1-3H3;4H2,1-3H3;5H2,1-4H3;1-4H3. The van der Waals surface area contributed by atoms with Crippen LogP contribution in [0.5, 0.6) is 5.88 Å². The second-order valence-electron chi connectivity index (χ2n) is 47.2. The molecule has 726 valence electrons. The molecule has 1 aliphatic heterocycles. The number of hydrogen-bond acceptors (Lipinski definition) is 14. The zero-order valence-electron chi connectivity index (χ0n) is 91.0. The van der Waals surface area contributed by atoms with Crippen molar-refractivity contribution in [1.82, 2.24) is 49.7 Å². The number of nitrogens with two attached hydrogens (primary N) is 1. The number of aryl methyl sites for hydroxylation is 11. The highest BCUT2D eigenvalue weighted by atomic mass is 19.4. The van der Waals surface area contributed by atoms with E-state index in [1.54, 1.807) is 39.4 Å². The van der Waals surface area contributed by atoms with Crippen molar-refractivity contribution in [3.63, 3.8) is 0 Å². The van der Waals surface area contributed by atoms with E-state index in [-0.39, 0.29) is 49.2 Å². The lowest BCUT2D eigenvalue weighted by atomic mass is 9.85. The zero-order valence-corrected chi connectivity index (χ0v) is 91.0. The predicted octanol–water partition coefficient (Wildman–Crippen LogP) is 30.7. The second-order valence-corrected chi connectivity index (χ2v) is 47.2. The van der Waals surface area contributed by atoms with Crippen LogP contribution in [-0.4, -0.2) is 101 Å². The molecule has 3 N–H and O–H groups in total. The third kappa shape index (κ3) is 48.7. The fraction of sp³-hybridized carbons (Fsp3) is 0.651. The lowest BCUT2D eigenvalue weighted by molar-refractivity contribution is -0.152. The maximum atomic E-state index is 11.6. The molecule has 0 saturated carbocycles. The van der Waals surface area contributed by atoms with Gasteiger partial charge >= 0.3 is 6.18 Å². The van der Waals surface area contributed by atoms with Gasteiger partial charge in [0.1, 0.15) is 17.3 Å². The number of pyridine rings is 4. The molecule has 0 spiro atoms. The smallest absolute Gasteiger partial charge is 0.389 e. The van der Waals surface area contributed by atoms with E-state index >= 15 is 0 Å². The van der Waals surface area contributed by atoms with Crippen LogP contribution in [0.1, 0.15) is 401 Å². The monoisotopic (exact) mass is 1780 g/mol. The van der Waals surface area contributed by atoms with E-state index in [0.717, 1.165) is 94.8 Å². The van der Waals surface area contributed by atoms with Crippen LogP contribution in [0.4, 0.5) is 19.0 Å². The normalized spacial score (nSPS) is 12.9. The van der Waals surface area contributed by atoms with E-state index in [4.69, 9.17) is 24.1 Å². The molecule has 0 radical (unpaired) electrons. The van der Waals surface area contributed by atoms with Gasteiger partial charge in [0.15, 0.2) is 5.89 Å². The Balaban J connectivity index is 0. The Morgan fingerprint density at radius 2 is 0.938 bits per heavy atom. The number of para-hydroxylation sites is 1. The number of nitrogens with one attached hydrogen (secondary N) is 1. The largest absolute Gasteiger partial charge is 0.481 e. The molecule has 19 heteroatoms. The summed E-state index contributed by atoms with van der Waals surface area (Å²) < 4.78 is 57.2. The fourth-order valence-corrected chi connectivity index (χ4v) is 14.3. The summed E-state index contributed by atoms with van der Waals surface area (Å²) in [6.45, 7) is 111. The van der Waals surface area contributed by atoms with Gasteiger partial charge in [-0.2, -0.15) is 18.3 Å². The first kappa shape index (κ1) is 122. The molecule has 1 aliphatic rings. The van der Waals surface area contributed by atoms with Crippen LogP contribution in [0.3, 0.4) is 0 Å². The van der Waals surface area contributed by atoms with Crippen molar-refractivity contribution in [1.29, 1.82) is 0 Å². The number of nitrogens with zero attached hydrogens (tertiary/aromatic N) is 9. The van der Waals surface area contributed by atoms with Crippen LogP contribution in [0.15, 0.2) is 88.1 Å². The van der Waals surface area contributed by atoms with Crippen LogP contribution < -0.4 is 10.5 Å². The Bertz CT molecular complexity index is 4570. The van der Waals surface area contributed by atoms with E-state index in [2.05, 4.69) is 351 Å². The molecule has 1 saturated heterocycles. The molecule has 9 aromatic rings. The zero-order chi connectivity index (χ0) is 101. The number of alkyl halides is 3. The first-order valence-electron chi connectivity index (χ1n) is 45.8. The molecule has 0 aliphatic carbocycles. The average molecular weight is 1790 g/mol. The SMILES string of the molecule is CC(=O)n1cc(C)c(C(C)(C)C)c1C.CC(C)(C)C.CC(C)(C)CC(F)(F)F.CC(C)(C)N1CCOCC1.CC(C)(C)c1cnc2ccccc2c1.CCC(C)(C)C.COc1ccc(C(C)(C)C)c(C)n1.Cc1ccc(C(C)(C)C)c(C)n1.Cc1n[nH]c(C)c1C(C)(C)C.Cc1nc(C)c(C(C)(C)C)o1.Cc1nc(N)ccc1C(C)(C)C.Cc1noc(C)c1C(C)(C)C. The highest BCUT2D eigenvalue weighted by Gasteiger charge is 2.34. The number of benzene rings is 1. The molecule has 128 heavy (non-hydrogen) atoms. The highest BCUT2D eigenvalue weighted by Crippen LogP contribution is 2.36. The molecule has 0 atom stereocenters. The van der Waals surface area contributed by atoms with Gasteiger partial charge in [-0.05, 0) is 209 Å². The maximum absolute atomic E-state index is 11.6. The number of ether oxygens (including phenoxy) is 2. The summed E-state index contributed by atoms with van der Waals surface area (Å²) in [4.78, 5) is 35.4. The molecule has 16 nitrogen and oxygen atoms in total. The molecule has 8 aromatic heterocycles. The Morgan fingerprint density at radius 3 is 1.21 bits per heavy atom. The summed E-state index contributed by atoms with van der Waals surface area (Å²) in [7, 11) is 1.64. The average Bonchev–Trinajstić information content (AvgIpc) is 1.63. The quantitative estimate of drug-likeness (QED) is 0.157. The van der Waals surface area contributed by atoms with Gasteiger partial charge in [0.05, 0.1) is 42.9 Å². The summed E-state index contributed by atoms with van der Waals surface area (Å²) in [5, 5.41) is 12.3. The second kappa shape index (κ2) is 50.0.